The number of carbonyl (C=O) groups is 1. The summed E-state index contributed by atoms with van der Waals surface area (Å²) in [5.41, 5.74) is -0.00207. The Morgan fingerprint density at radius 2 is 2.00 bits per heavy atom. The van der Waals surface area contributed by atoms with Crippen molar-refractivity contribution in [2.75, 3.05) is 12.4 Å². The quantitative estimate of drug-likeness (QED) is 0.866. The Labute approximate surface area is 148 Å². The van der Waals surface area contributed by atoms with E-state index in [2.05, 4.69) is 10.3 Å². The van der Waals surface area contributed by atoms with E-state index in [9.17, 15) is 9.90 Å². The number of rotatable bonds is 4. The first-order chi connectivity index (χ1) is 11.8. The lowest BCUT2D eigenvalue weighted by Gasteiger charge is -2.42. The predicted molar refractivity (Wildman–Crippen MR) is 94.8 cm³/mol. The zero-order chi connectivity index (χ0) is 18.6. The standard InChI is InChI=1S/C18H26N4O3/c1-18(2,3)22(17(23)24)14-8-6-13(7-9-14)20-15-10-5-12(11-19)16(21-15)25-4/h5,10,13-14H,6-9H2,1-4H3,(H,20,21)(H,23,24)/t13-,14-. The molecule has 0 spiro atoms. The van der Waals surface area contributed by atoms with Crippen LogP contribution in [0.4, 0.5) is 10.6 Å². The van der Waals surface area contributed by atoms with Gasteiger partial charge in [-0.2, -0.15) is 10.2 Å². The number of nitriles is 1. The van der Waals surface area contributed by atoms with Crippen LogP contribution < -0.4 is 10.1 Å². The van der Waals surface area contributed by atoms with Crippen molar-refractivity contribution in [1.29, 1.82) is 5.26 Å². The van der Waals surface area contributed by atoms with Crippen LogP contribution in [0.5, 0.6) is 5.88 Å². The Hall–Kier alpha value is -2.49. The van der Waals surface area contributed by atoms with Gasteiger partial charge in [0, 0.05) is 17.6 Å². The first kappa shape index (κ1) is 18.8. The van der Waals surface area contributed by atoms with Crippen molar-refractivity contribution in [3.63, 3.8) is 0 Å². The minimum absolute atomic E-state index is 0.0408. The van der Waals surface area contributed by atoms with Gasteiger partial charge in [-0.05, 0) is 58.6 Å². The lowest BCUT2D eigenvalue weighted by molar-refractivity contribution is 0.0556. The Kier molecular flexibility index (Phi) is 5.73. The molecule has 0 atom stereocenters. The smallest absolute Gasteiger partial charge is 0.407 e. The molecule has 7 heteroatoms. The topological polar surface area (TPSA) is 98.5 Å². The van der Waals surface area contributed by atoms with Crippen LogP contribution >= 0.6 is 0 Å². The van der Waals surface area contributed by atoms with Crippen molar-refractivity contribution >= 4 is 11.9 Å². The van der Waals surface area contributed by atoms with E-state index in [4.69, 9.17) is 10.00 Å². The molecule has 0 aliphatic heterocycles. The third kappa shape index (κ3) is 4.53. The van der Waals surface area contributed by atoms with Crippen LogP contribution in [0.1, 0.15) is 52.0 Å². The molecule has 1 aromatic heterocycles. The second kappa shape index (κ2) is 7.60. The average Bonchev–Trinajstić information content (AvgIpc) is 2.55. The highest BCUT2D eigenvalue weighted by Gasteiger charge is 2.35. The monoisotopic (exact) mass is 346 g/mol. The first-order valence-corrected chi connectivity index (χ1v) is 8.50. The highest BCUT2D eigenvalue weighted by Crippen LogP contribution is 2.30. The van der Waals surface area contributed by atoms with Crippen LogP contribution in [0.25, 0.3) is 0 Å². The molecular weight excluding hydrogens is 320 g/mol. The maximum atomic E-state index is 11.6. The predicted octanol–water partition coefficient (Wildman–Crippen LogP) is 3.46. The molecule has 2 N–H and O–H groups in total. The van der Waals surface area contributed by atoms with E-state index in [1.807, 2.05) is 26.8 Å². The first-order valence-electron chi connectivity index (χ1n) is 8.50. The number of methoxy groups -OCH3 is 1. The Morgan fingerprint density at radius 1 is 1.36 bits per heavy atom. The number of hydrogen-bond acceptors (Lipinski definition) is 5. The lowest BCUT2D eigenvalue weighted by atomic mass is 9.88. The van der Waals surface area contributed by atoms with E-state index >= 15 is 0 Å². The largest absolute Gasteiger partial charge is 0.480 e. The second-order valence-electron chi connectivity index (χ2n) is 7.34. The van der Waals surface area contributed by atoms with Gasteiger partial charge in [0.25, 0.3) is 0 Å². The normalized spacial score (nSPS) is 20.4. The molecule has 2 rings (SSSR count). The van der Waals surface area contributed by atoms with Crippen molar-refractivity contribution in [1.82, 2.24) is 9.88 Å². The van der Waals surface area contributed by atoms with Gasteiger partial charge in [0.15, 0.2) is 0 Å². The highest BCUT2D eigenvalue weighted by atomic mass is 16.5. The van der Waals surface area contributed by atoms with Crippen LogP contribution in [-0.2, 0) is 0 Å². The highest BCUT2D eigenvalue weighted by molar-refractivity contribution is 5.66. The average molecular weight is 346 g/mol. The van der Waals surface area contributed by atoms with E-state index in [-0.39, 0.29) is 12.1 Å². The van der Waals surface area contributed by atoms with Gasteiger partial charge in [0.2, 0.25) is 5.88 Å². The summed E-state index contributed by atoms with van der Waals surface area (Å²) < 4.78 is 5.13. The van der Waals surface area contributed by atoms with Gasteiger partial charge in [0.1, 0.15) is 17.5 Å². The minimum atomic E-state index is -0.859. The molecule has 1 aliphatic rings. The number of aromatic nitrogens is 1. The van der Waals surface area contributed by atoms with Crippen LogP contribution in [0.3, 0.4) is 0 Å². The van der Waals surface area contributed by atoms with Crippen molar-refractivity contribution in [3.05, 3.63) is 17.7 Å². The maximum absolute atomic E-state index is 11.6. The summed E-state index contributed by atoms with van der Waals surface area (Å²) in [7, 11) is 1.49. The van der Waals surface area contributed by atoms with Gasteiger partial charge in [-0.25, -0.2) is 4.79 Å². The fourth-order valence-corrected chi connectivity index (χ4v) is 3.44. The Balaban J connectivity index is 1.99. The lowest BCUT2D eigenvalue weighted by Crippen LogP contribution is -2.52. The zero-order valence-electron chi connectivity index (χ0n) is 15.2. The molecule has 0 aromatic carbocycles. The minimum Gasteiger partial charge on any atom is -0.480 e. The molecule has 1 amide bonds. The molecule has 1 saturated carbocycles. The van der Waals surface area contributed by atoms with Gasteiger partial charge < -0.3 is 20.1 Å². The van der Waals surface area contributed by atoms with Gasteiger partial charge in [-0.15, -0.1) is 0 Å². The summed E-state index contributed by atoms with van der Waals surface area (Å²) in [5, 5.41) is 21.9. The summed E-state index contributed by atoms with van der Waals surface area (Å²) in [4.78, 5) is 17.5. The molecular formula is C18H26N4O3. The molecule has 7 nitrogen and oxygen atoms in total. The number of pyridine rings is 1. The number of nitrogens with zero attached hydrogens (tertiary/aromatic N) is 3. The van der Waals surface area contributed by atoms with Gasteiger partial charge in [0.05, 0.1) is 7.11 Å². The SMILES string of the molecule is COc1nc(N[C@H]2CC[C@H](N(C(=O)O)C(C)(C)C)CC2)ccc1C#N. The molecule has 0 radical (unpaired) electrons. The van der Waals surface area contributed by atoms with Crippen LogP contribution in [-0.4, -0.2) is 45.8 Å². The van der Waals surface area contributed by atoms with E-state index < -0.39 is 11.6 Å². The molecule has 25 heavy (non-hydrogen) atoms. The molecule has 136 valence electrons. The fraction of sp³-hybridized carbons (Fsp3) is 0.611. The van der Waals surface area contributed by atoms with Crippen LogP contribution in [0.2, 0.25) is 0 Å². The van der Waals surface area contributed by atoms with Crippen molar-refractivity contribution in [2.45, 2.75) is 64.1 Å². The number of nitrogens with one attached hydrogen (secondary N) is 1. The Bertz CT molecular complexity index is 655. The third-order valence-electron chi connectivity index (χ3n) is 4.52. The van der Waals surface area contributed by atoms with E-state index in [1.54, 1.807) is 17.0 Å². The Morgan fingerprint density at radius 3 is 2.48 bits per heavy atom. The fourth-order valence-electron chi connectivity index (χ4n) is 3.44. The molecule has 0 saturated heterocycles. The summed E-state index contributed by atoms with van der Waals surface area (Å²) in [6, 6.07) is 5.77. The molecule has 1 aliphatic carbocycles. The molecule has 0 bridgehead atoms. The molecule has 1 heterocycles. The van der Waals surface area contributed by atoms with Crippen molar-refractivity contribution < 1.29 is 14.6 Å². The van der Waals surface area contributed by atoms with Crippen LogP contribution in [0.15, 0.2) is 12.1 Å². The summed E-state index contributed by atoms with van der Waals surface area (Å²) >= 11 is 0. The molecule has 0 unspecified atom stereocenters. The van der Waals surface area contributed by atoms with Gasteiger partial charge in [-0.3, -0.25) is 0 Å². The second-order valence-corrected chi connectivity index (χ2v) is 7.34. The van der Waals surface area contributed by atoms with Crippen molar-refractivity contribution in [2.24, 2.45) is 0 Å². The van der Waals surface area contributed by atoms with Crippen LogP contribution in [0, 0.1) is 11.3 Å². The number of hydrogen-bond donors (Lipinski definition) is 2. The number of ether oxygens (including phenoxy) is 1. The van der Waals surface area contributed by atoms with E-state index in [0.717, 1.165) is 25.7 Å². The molecule has 1 aromatic rings. The number of carboxylic acid groups (broad SMARTS) is 1. The third-order valence-corrected chi connectivity index (χ3v) is 4.52. The number of anilines is 1. The maximum Gasteiger partial charge on any atom is 0.407 e. The zero-order valence-corrected chi connectivity index (χ0v) is 15.2. The molecule has 1 fully saturated rings. The van der Waals surface area contributed by atoms with Crippen molar-refractivity contribution in [3.8, 4) is 11.9 Å². The summed E-state index contributed by atoms with van der Waals surface area (Å²) in [5.74, 6) is 0.983. The van der Waals surface area contributed by atoms with Gasteiger partial charge >= 0.3 is 6.09 Å². The number of amides is 1. The van der Waals surface area contributed by atoms with Gasteiger partial charge in [-0.1, -0.05) is 0 Å². The van der Waals surface area contributed by atoms with E-state index in [0.29, 0.717) is 17.3 Å². The van der Waals surface area contributed by atoms with E-state index in [1.165, 1.54) is 7.11 Å². The summed E-state index contributed by atoms with van der Waals surface area (Å²) in [6.45, 7) is 5.79. The summed E-state index contributed by atoms with van der Waals surface area (Å²) in [6.07, 6.45) is 2.51.